The van der Waals surface area contributed by atoms with Crippen LogP contribution in [0.2, 0.25) is 0 Å². The van der Waals surface area contributed by atoms with Crippen LogP contribution in [0.4, 0.5) is 15.4 Å². The van der Waals surface area contributed by atoms with E-state index in [2.05, 4.69) is 10.1 Å². The van der Waals surface area contributed by atoms with Crippen LogP contribution in [-0.2, 0) is 0 Å². The molecule has 0 radical (unpaired) electrons. The number of nitrogens with zero attached hydrogens (tertiary/aromatic N) is 4. The van der Waals surface area contributed by atoms with Crippen LogP contribution in [0.1, 0.15) is 23.0 Å². The minimum absolute atomic E-state index is 0.150. The van der Waals surface area contributed by atoms with Crippen molar-refractivity contribution in [2.24, 2.45) is 5.10 Å². The van der Waals surface area contributed by atoms with Crippen LogP contribution in [0, 0.1) is 15.9 Å². The van der Waals surface area contributed by atoms with E-state index in [1.165, 1.54) is 30.5 Å². The average molecular weight is 454 g/mol. The molecule has 0 bridgehead atoms. The van der Waals surface area contributed by atoms with E-state index >= 15 is 0 Å². The lowest BCUT2D eigenvalue weighted by atomic mass is 10.2. The summed E-state index contributed by atoms with van der Waals surface area (Å²) in [5.41, 5.74) is 1.15. The highest BCUT2D eigenvalue weighted by molar-refractivity contribution is 7.22. The first-order valence-corrected chi connectivity index (χ1v) is 10.2. The second kappa shape index (κ2) is 8.94. The van der Waals surface area contributed by atoms with Gasteiger partial charge in [0.1, 0.15) is 16.5 Å². The number of hydrogen-bond donors (Lipinski definition) is 0. The fourth-order valence-corrected chi connectivity index (χ4v) is 3.70. The van der Waals surface area contributed by atoms with Crippen LogP contribution < -0.4 is 9.75 Å². The van der Waals surface area contributed by atoms with Gasteiger partial charge in [-0.25, -0.2) is 9.37 Å². The maximum atomic E-state index is 13.6. The maximum absolute atomic E-state index is 13.6. The van der Waals surface area contributed by atoms with Gasteiger partial charge < -0.3 is 9.15 Å². The summed E-state index contributed by atoms with van der Waals surface area (Å²) in [6.45, 7) is 2.41. The standard InChI is InChI=1S/C21H15FN4O5S/c1-2-30-15-6-3-13(4-7-15)12-23-25(20(27)17-9-10-19(31-17)26(28)29)21-24-16-8-5-14(22)11-18(16)32-21/h3-12H,2H2,1H3/b23-12+. The normalized spacial score (nSPS) is 11.2. The Hall–Kier alpha value is -4.12. The first-order chi connectivity index (χ1) is 15.4. The van der Waals surface area contributed by atoms with Crippen molar-refractivity contribution in [3.8, 4) is 5.75 Å². The van der Waals surface area contributed by atoms with Gasteiger partial charge in [-0.15, -0.1) is 0 Å². The molecule has 0 aliphatic heterocycles. The molecule has 0 spiro atoms. The molecule has 0 fully saturated rings. The largest absolute Gasteiger partial charge is 0.494 e. The molecule has 1 amide bonds. The number of halogens is 1. The molecule has 0 saturated carbocycles. The van der Waals surface area contributed by atoms with E-state index in [-0.39, 0.29) is 10.9 Å². The van der Waals surface area contributed by atoms with Gasteiger partial charge in [0.25, 0.3) is 0 Å². The third-order valence-corrected chi connectivity index (χ3v) is 5.20. The number of amides is 1. The third kappa shape index (κ3) is 4.47. The molecule has 0 unspecified atom stereocenters. The molecule has 11 heteroatoms. The van der Waals surface area contributed by atoms with Crippen LogP contribution in [0.15, 0.2) is 64.1 Å². The minimum Gasteiger partial charge on any atom is -0.494 e. The number of thiazole rings is 1. The van der Waals surface area contributed by atoms with Gasteiger partial charge in [0.05, 0.1) is 29.1 Å². The van der Waals surface area contributed by atoms with Crippen LogP contribution in [-0.4, -0.2) is 28.6 Å². The molecule has 2 aromatic carbocycles. The van der Waals surface area contributed by atoms with Crippen molar-refractivity contribution in [1.29, 1.82) is 0 Å². The monoisotopic (exact) mass is 454 g/mol. The van der Waals surface area contributed by atoms with E-state index in [1.54, 1.807) is 24.3 Å². The number of carbonyl (C=O) groups excluding carboxylic acids is 1. The first-order valence-electron chi connectivity index (χ1n) is 9.36. The summed E-state index contributed by atoms with van der Waals surface area (Å²) in [6.07, 6.45) is 1.43. The fourth-order valence-electron chi connectivity index (χ4n) is 2.75. The molecule has 0 atom stereocenters. The van der Waals surface area contributed by atoms with Crippen LogP contribution in [0.25, 0.3) is 10.2 Å². The van der Waals surface area contributed by atoms with Crippen molar-refractivity contribution in [3.63, 3.8) is 0 Å². The van der Waals surface area contributed by atoms with Gasteiger partial charge >= 0.3 is 11.8 Å². The Balaban J connectivity index is 1.70. The number of rotatable bonds is 7. The second-order valence-corrected chi connectivity index (χ2v) is 7.38. The van der Waals surface area contributed by atoms with Gasteiger partial charge in [-0.3, -0.25) is 14.9 Å². The van der Waals surface area contributed by atoms with Crippen molar-refractivity contribution in [2.75, 3.05) is 11.6 Å². The fraction of sp³-hybridized carbons (Fsp3) is 0.0952. The zero-order valence-corrected chi connectivity index (χ0v) is 17.4. The highest BCUT2D eigenvalue weighted by Crippen LogP contribution is 2.31. The summed E-state index contributed by atoms with van der Waals surface area (Å²) >= 11 is 1.04. The van der Waals surface area contributed by atoms with Crippen molar-refractivity contribution >= 4 is 44.7 Å². The Morgan fingerprint density at radius 2 is 2.06 bits per heavy atom. The number of benzene rings is 2. The molecular formula is C21H15FN4O5S. The topological polar surface area (TPSA) is 111 Å². The Morgan fingerprint density at radius 3 is 2.75 bits per heavy atom. The lowest BCUT2D eigenvalue weighted by Crippen LogP contribution is -2.25. The summed E-state index contributed by atoms with van der Waals surface area (Å²) in [6, 6.07) is 13.3. The molecule has 9 nitrogen and oxygen atoms in total. The summed E-state index contributed by atoms with van der Waals surface area (Å²) in [7, 11) is 0. The average Bonchev–Trinajstić information content (AvgIpc) is 3.42. The van der Waals surface area contributed by atoms with Crippen LogP contribution in [0.3, 0.4) is 0 Å². The van der Waals surface area contributed by atoms with Gasteiger partial charge in [0, 0.05) is 0 Å². The highest BCUT2D eigenvalue weighted by Gasteiger charge is 2.26. The van der Waals surface area contributed by atoms with Gasteiger partial charge in [0.2, 0.25) is 10.9 Å². The van der Waals surface area contributed by atoms with E-state index in [1.807, 2.05) is 6.92 Å². The van der Waals surface area contributed by atoms with Gasteiger partial charge in [-0.1, -0.05) is 11.3 Å². The quantitative estimate of drug-likeness (QED) is 0.220. The molecule has 4 rings (SSSR count). The van der Waals surface area contributed by atoms with Gasteiger partial charge in [-0.2, -0.15) is 10.1 Å². The van der Waals surface area contributed by atoms with Crippen LogP contribution >= 0.6 is 11.3 Å². The number of anilines is 1. The number of fused-ring (bicyclic) bond motifs is 1. The SMILES string of the molecule is CCOc1ccc(/C=N/N(C(=O)c2ccc([N+](=O)[O-])o2)c2nc3ccc(F)cc3s2)cc1. The van der Waals surface area contributed by atoms with Crippen molar-refractivity contribution in [2.45, 2.75) is 6.92 Å². The molecule has 0 aliphatic carbocycles. The predicted molar refractivity (Wildman–Crippen MR) is 117 cm³/mol. The Labute approximate surface area is 184 Å². The molecule has 0 saturated heterocycles. The van der Waals surface area contributed by atoms with Gasteiger partial charge in [0.15, 0.2) is 0 Å². The first kappa shape index (κ1) is 21.1. The molecular weight excluding hydrogens is 439 g/mol. The van der Waals surface area contributed by atoms with Crippen molar-refractivity contribution in [1.82, 2.24) is 4.98 Å². The lowest BCUT2D eigenvalue weighted by molar-refractivity contribution is -0.402. The predicted octanol–water partition coefficient (Wildman–Crippen LogP) is 5.02. The van der Waals surface area contributed by atoms with E-state index in [9.17, 15) is 19.3 Å². The number of hydrazone groups is 1. The molecule has 2 aromatic heterocycles. The number of ether oxygens (including phenoxy) is 1. The molecule has 0 N–H and O–H groups in total. The second-order valence-electron chi connectivity index (χ2n) is 6.37. The molecule has 2 heterocycles. The molecule has 162 valence electrons. The van der Waals surface area contributed by atoms with Crippen molar-refractivity contribution < 1.29 is 23.3 Å². The number of carbonyl (C=O) groups is 1. The maximum Gasteiger partial charge on any atom is 0.433 e. The third-order valence-electron chi connectivity index (χ3n) is 4.21. The summed E-state index contributed by atoms with van der Waals surface area (Å²) in [5.74, 6) is -1.38. The Morgan fingerprint density at radius 1 is 1.28 bits per heavy atom. The van der Waals surface area contributed by atoms with Crippen molar-refractivity contribution in [3.05, 3.63) is 81.9 Å². The number of nitro groups is 1. The zero-order valence-electron chi connectivity index (χ0n) is 16.6. The Kier molecular flexibility index (Phi) is 5.90. The van der Waals surface area contributed by atoms with E-state index in [0.717, 1.165) is 22.4 Å². The van der Waals surface area contributed by atoms with Gasteiger partial charge in [-0.05, 0) is 61.0 Å². The molecule has 4 aromatic rings. The molecule has 0 aliphatic rings. The minimum atomic E-state index is -0.764. The van der Waals surface area contributed by atoms with Crippen LogP contribution in [0.5, 0.6) is 5.75 Å². The summed E-state index contributed by atoms with van der Waals surface area (Å²) in [4.78, 5) is 27.6. The Bertz CT molecular complexity index is 1320. The van der Waals surface area contributed by atoms with E-state index in [4.69, 9.17) is 9.15 Å². The zero-order chi connectivity index (χ0) is 22.7. The lowest BCUT2D eigenvalue weighted by Gasteiger charge is -2.11. The smallest absolute Gasteiger partial charge is 0.433 e. The molecule has 32 heavy (non-hydrogen) atoms. The summed E-state index contributed by atoms with van der Waals surface area (Å²) in [5, 5.41) is 16.3. The number of aromatic nitrogens is 1. The van der Waals surface area contributed by atoms with E-state index in [0.29, 0.717) is 28.1 Å². The summed E-state index contributed by atoms with van der Waals surface area (Å²) < 4.78 is 24.5. The number of furan rings is 1. The van der Waals surface area contributed by atoms with E-state index < -0.39 is 22.5 Å². The highest BCUT2D eigenvalue weighted by atomic mass is 32.1. The number of hydrogen-bond acceptors (Lipinski definition) is 8.